The summed E-state index contributed by atoms with van der Waals surface area (Å²) in [5.74, 6) is 0.660. The Balaban J connectivity index is 2.61. The summed E-state index contributed by atoms with van der Waals surface area (Å²) < 4.78 is 5.33. The molecule has 0 spiro atoms. The van der Waals surface area contributed by atoms with Gasteiger partial charge in [-0.3, -0.25) is 4.79 Å². The Labute approximate surface area is 110 Å². The molecule has 18 heavy (non-hydrogen) atoms. The molecule has 2 aromatic heterocycles. The van der Waals surface area contributed by atoms with E-state index in [2.05, 4.69) is 16.8 Å². The normalized spacial score (nSPS) is 10.7. The van der Waals surface area contributed by atoms with E-state index in [1.54, 1.807) is 30.7 Å². The molecule has 0 amide bonds. The van der Waals surface area contributed by atoms with E-state index in [9.17, 15) is 4.79 Å². The number of hydrogen-bond acceptors (Lipinski definition) is 5. The minimum atomic E-state index is 0.0804. The van der Waals surface area contributed by atoms with Crippen molar-refractivity contribution >= 4 is 22.1 Å². The summed E-state index contributed by atoms with van der Waals surface area (Å²) in [6, 6.07) is 0. The number of oxazole rings is 1. The number of Topliss-reactive ketones (excluding diaryl/α,β-unsaturated/α-hetero) is 1. The molecule has 4 nitrogen and oxygen atoms in total. The minimum Gasteiger partial charge on any atom is -0.444 e. The van der Waals surface area contributed by atoms with Crippen molar-refractivity contribution in [3.63, 3.8) is 0 Å². The topological polar surface area (TPSA) is 46.3 Å². The molecule has 2 rings (SSSR count). The standard InChI is InChI=1S/C13H16N2O2S/c1-5-15(4)13-10(9(3)16)8(2)11(18-13)12-14-6-7-17-12/h6-7H,5H2,1-4H3. The van der Waals surface area contributed by atoms with Gasteiger partial charge in [-0.15, -0.1) is 11.3 Å². The Morgan fingerprint density at radius 1 is 1.56 bits per heavy atom. The summed E-state index contributed by atoms with van der Waals surface area (Å²) in [6.07, 6.45) is 3.16. The molecule has 0 aromatic carbocycles. The molecule has 2 aromatic rings. The number of aromatic nitrogens is 1. The van der Waals surface area contributed by atoms with Crippen LogP contribution in [0.5, 0.6) is 0 Å². The highest BCUT2D eigenvalue weighted by Gasteiger charge is 2.23. The van der Waals surface area contributed by atoms with Crippen molar-refractivity contribution in [2.24, 2.45) is 0 Å². The first-order valence-corrected chi connectivity index (χ1v) is 6.63. The number of nitrogens with zero attached hydrogens (tertiary/aromatic N) is 2. The van der Waals surface area contributed by atoms with Crippen molar-refractivity contribution in [1.82, 2.24) is 4.98 Å². The number of rotatable bonds is 4. The first-order chi connectivity index (χ1) is 8.56. The van der Waals surface area contributed by atoms with Gasteiger partial charge in [0.25, 0.3) is 0 Å². The fourth-order valence-electron chi connectivity index (χ4n) is 1.86. The van der Waals surface area contributed by atoms with Crippen LogP contribution in [0.25, 0.3) is 10.8 Å². The molecule has 0 saturated heterocycles. The van der Waals surface area contributed by atoms with Crippen LogP contribution < -0.4 is 4.90 Å². The van der Waals surface area contributed by atoms with E-state index in [-0.39, 0.29) is 5.78 Å². The molecule has 5 heteroatoms. The molecule has 0 aliphatic rings. The van der Waals surface area contributed by atoms with Gasteiger partial charge in [0.2, 0.25) is 5.89 Å². The summed E-state index contributed by atoms with van der Waals surface area (Å²) in [4.78, 5) is 19.0. The van der Waals surface area contributed by atoms with E-state index in [4.69, 9.17) is 4.42 Å². The van der Waals surface area contributed by atoms with Crippen LogP contribution in [0.3, 0.4) is 0 Å². The van der Waals surface area contributed by atoms with Crippen LogP contribution in [0.1, 0.15) is 29.8 Å². The smallest absolute Gasteiger partial charge is 0.236 e. The van der Waals surface area contributed by atoms with Crippen LogP contribution in [0.15, 0.2) is 16.9 Å². The molecular weight excluding hydrogens is 248 g/mol. The van der Waals surface area contributed by atoms with Crippen molar-refractivity contribution in [2.45, 2.75) is 20.8 Å². The molecule has 0 unspecified atom stereocenters. The predicted octanol–water partition coefficient (Wildman–Crippen LogP) is 3.37. The van der Waals surface area contributed by atoms with Gasteiger partial charge in [-0.05, 0) is 26.3 Å². The maximum Gasteiger partial charge on any atom is 0.236 e. The fraction of sp³-hybridized carbons (Fsp3) is 0.385. The van der Waals surface area contributed by atoms with Gasteiger partial charge in [0.15, 0.2) is 5.78 Å². The average molecular weight is 264 g/mol. The van der Waals surface area contributed by atoms with Crippen molar-refractivity contribution in [3.05, 3.63) is 23.6 Å². The van der Waals surface area contributed by atoms with E-state index in [0.29, 0.717) is 5.89 Å². The lowest BCUT2D eigenvalue weighted by Crippen LogP contribution is -2.16. The second-order valence-corrected chi connectivity index (χ2v) is 5.14. The lowest BCUT2D eigenvalue weighted by Gasteiger charge is -2.15. The quantitative estimate of drug-likeness (QED) is 0.794. The number of thiophene rings is 1. The van der Waals surface area contributed by atoms with Gasteiger partial charge >= 0.3 is 0 Å². The maximum atomic E-state index is 11.8. The molecule has 2 heterocycles. The van der Waals surface area contributed by atoms with Gasteiger partial charge in [-0.1, -0.05) is 0 Å². The third-order valence-corrected chi connectivity index (χ3v) is 4.32. The van der Waals surface area contributed by atoms with Gasteiger partial charge < -0.3 is 9.32 Å². The van der Waals surface area contributed by atoms with Crippen LogP contribution in [0.4, 0.5) is 5.00 Å². The summed E-state index contributed by atoms with van der Waals surface area (Å²) >= 11 is 1.55. The van der Waals surface area contributed by atoms with Crippen LogP contribution in [0.2, 0.25) is 0 Å². The van der Waals surface area contributed by atoms with E-state index >= 15 is 0 Å². The van der Waals surface area contributed by atoms with Crippen LogP contribution in [-0.4, -0.2) is 24.4 Å². The van der Waals surface area contributed by atoms with E-state index in [1.165, 1.54) is 0 Å². The fourth-order valence-corrected chi connectivity index (χ4v) is 3.19. The first kappa shape index (κ1) is 12.8. The summed E-state index contributed by atoms with van der Waals surface area (Å²) in [6.45, 7) is 6.45. The van der Waals surface area contributed by atoms with Gasteiger partial charge in [0.05, 0.1) is 16.6 Å². The second-order valence-electron chi connectivity index (χ2n) is 4.14. The predicted molar refractivity (Wildman–Crippen MR) is 73.5 cm³/mol. The number of hydrogen-bond donors (Lipinski definition) is 0. The highest BCUT2D eigenvalue weighted by atomic mass is 32.1. The van der Waals surface area contributed by atoms with Crippen molar-refractivity contribution in [2.75, 3.05) is 18.5 Å². The molecule has 0 radical (unpaired) electrons. The summed E-state index contributed by atoms with van der Waals surface area (Å²) in [5.41, 5.74) is 1.72. The van der Waals surface area contributed by atoms with Gasteiger partial charge in [-0.2, -0.15) is 0 Å². The van der Waals surface area contributed by atoms with Crippen LogP contribution in [0, 0.1) is 6.92 Å². The summed E-state index contributed by atoms with van der Waals surface area (Å²) in [5, 5.41) is 0.982. The lowest BCUT2D eigenvalue weighted by molar-refractivity contribution is 0.101. The molecule has 0 fully saturated rings. The van der Waals surface area contributed by atoms with Crippen molar-refractivity contribution in [1.29, 1.82) is 0 Å². The lowest BCUT2D eigenvalue weighted by atomic mass is 10.1. The van der Waals surface area contributed by atoms with E-state index in [0.717, 1.165) is 27.5 Å². The van der Waals surface area contributed by atoms with Gasteiger partial charge in [0.1, 0.15) is 11.3 Å². The average Bonchev–Trinajstić information content (AvgIpc) is 2.94. The summed E-state index contributed by atoms with van der Waals surface area (Å²) in [7, 11) is 1.98. The maximum absolute atomic E-state index is 11.8. The monoisotopic (exact) mass is 264 g/mol. The Kier molecular flexibility index (Phi) is 3.52. The Morgan fingerprint density at radius 2 is 2.28 bits per heavy atom. The second kappa shape index (κ2) is 4.94. The van der Waals surface area contributed by atoms with Crippen molar-refractivity contribution < 1.29 is 9.21 Å². The third kappa shape index (κ3) is 2.06. The number of ketones is 1. The largest absolute Gasteiger partial charge is 0.444 e. The van der Waals surface area contributed by atoms with Crippen LogP contribution >= 0.6 is 11.3 Å². The Morgan fingerprint density at radius 3 is 2.78 bits per heavy atom. The van der Waals surface area contributed by atoms with Crippen molar-refractivity contribution in [3.8, 4) is 10.8 Å². The molecule has 0 saturated carbocycles. The molecule has 96 valence electrons. The zero-order valence-electron chi connectivity index (χ0n) is 11.0. The van der Waals surface area contributed by atoms with Gasteiger partial charge in [0, 0.05) is 13.6 Å². The highest BCUT2D eigenvalue weighted by molar-refractivity contribution is 7.20. The molecule has 0 aliphatic carbocycles. The Bertz CT molecular complexity index is 558. The Hall–Kier alpha value is -1.62. The zero-order chi connectivity index (χ0) is 13.3. The highest BCUT2D eigenvalue weighted by Crippen LogP contribution is 2.40. The molecule has 0 atom stereocenters. The third-order valence-electron chi connectivity index (χ3n) is 2.93. The molecule has 0 bridgehead atoms. The van der Waals surface area contributed by atoms with Crippen LogP contribution in [-0.2, 0) is 0 Å². The minimum absolute atomic E-state index is 0.0804. The molecule has 0 N–H and O–H groups in total. The first-order valence-electron chi connectivity index (χ1n) is 5.81. The molecular formula is C13H16N2O2S. The van der Waals surface area contributed by atoms with E-state index < -0.39 is 0 Å². The number of carbonyl (C=O) groups is 1. The van der Waals surface area contributed by atoms with Gasteiger partial charge in [-0.25, -0.2) is 4.98 Å². The SMILES string of the molecule is CCN(C)c1sc(-c2ncco2)c(C)c1C(C)=O. The molecule has 0 aliphatic heterocycles. The zero-order valence-corrected chi connectivity index (χ0v) is 11.8. The van der Waals surface area contributed by atoms with E-state index in [1.807, 2.05) is 14.0 Å². The number of carbonyl (C=O) groups excluding carboxylic acids is 1. The number of anilines is 1.